The van der Waals surface area contributed by atoms with Crippen LogP contribution in [0.1, 0.15) is 36.2 Å². The van der Waals surface area contributed by atoms with E-state index in [0.717, 1.165) is 19.6 Å². The number of amides is 1. The van der Waals surface area contributed by atoms with Crippen LogP contribution in [0.4, 0.5) is 0 Å². The zero-order valence-corrected chi connectivity index (χ0v) is 12.6. The second kappa shape index (κ2) is 6.86. The molecule has 1 saturated heterocycles. The van der Waals surface area contributed by atoms with Crippen molar-refractivity contribution in [1.29, 1.82) is 0 Å². The highest BCUT2D eigenvalue weighted by Crippen LogP contribution is 2.26. The number of hydrogen-bond acceptors (Lipinski definition) is 3. The van der Waals surface area contributed by atoms with E-state index in [-0.39, 0.29) is 12.1 Å². The molecule has 4 nitrogen and oxygen atoms in total. The van der Waals surface area contributed by atoms with Crippen LogP contribution in [-0.2, 0) is 9.53 Å². The molecule has 1 fully saturated rings. The molecule has 1 aliphatic heterocycles. The summed E-state index contributed by atoms with van der Waals surface area (Å²) in [6.07, 6.45) is 0.881. The van der Waals surface area contributed by atoms with E-state index in [9.17, 15) is 4.79 Å². The monoisotopic (exact) mass is 276 g/mol. The maximum atomic E-state index is 12.0. The van der Waals surface area contributed by atoms with Crippen molar-refractivity contribution in [2.75, 3.05) is 26.3 Å². The molecule has 0 aromatic heterocycles. The van der Waals surface area contributed by atoms with Gasteiger partial charge in [0, 0.05) is 19.8 Å². The topological polar surface area (TPSA) is 41.6 Å². The van der Waals surface area contributed by atoms with Crippen LogP contribution in [0.15, 0.2) is 18.2 Å². The number of benzene rings is 1. The first-order valence-corrected chi connectivity index (χ1v) is 7.31. The molecule has 2 rings (SSSR count). The molecule has 0 bridgehead atoms. The first-order chi connectivity index (χ1) is 9.63. The van der Waals surface area contributed by atoms with Crippen molar-refractivity contribution < 1.29 is 9.53 Å². The Bertz CT molecular complexity index is 474. The quantitative estimate of drug-likeness (QED) is 0.810. The van der Waals surface area contributed by atoms with Crippen LogP contribution in [0.5, 0.6) is 0 Å². The van der Waals surface area contributed by atoms with E-state index in [1.165, 1.54) is 16.7 Å². The summed E-state index contributed by atoms with van der Waals surface area (Å²) in [6.45, 7) is 8.77. The molecule has 0 aliphatic carbocycles. The number of hydrogen-bond donors (Lipinski definition) is 1. The minimum Gasteiger partial charge on any atom is -0.382 e. The molecule has 1 amide bonds. The molecule has 1 heterocycles. The fourth-order valence-electron chi connectivity index (χ4n) is 2.61. The van der Waals surface area contributed by atoms with Crippen LogP contribution >= 0.6 is 0 Å². The van der Waals surface area contributed by atoms with E-state index in [1.54, 1.807) is 0 Å². The lowest BCUT2D eigenvalue weighted by atomic mass is 10.0. The molecule has 1 aromatic rings. The summed E-state index contributed by atoms with van der Waals surface area (Å²) in [7, 11) is 0. The van der Waals surface area contributed by atoms with E-state index in [2.05, 4.69) is 37.4 Å². The summed E-state index contributed by atoms with van der Waals surface area (Å²) in [4.78, 5) is 14.0. The average Bonchev–Trinajstić information content (AvgIpc) is 2.79. The van der Waals surface area contributed by atoms with Gasteiger partial charge in [0.2, 0.25) is 5.91 Å². The third kappa shape index (κ3) is 3.38. The van der Waals surface area contributed by atoms with Crippen LogP contribution in [0.25, 0.3) is 0 Å². The SMILES string of the molecule is CCOCCCN1C(=O)CNC1c1cc(C)ccc1C. The number of ether oxygens (including phenoxy) is 1. The first-order valence-electron chi connectivity index (χ1n) is 7.31. The molecule has 1 N–H and O–H groups in total. The second-order valence-corrected chi connectivity index (χ2v) is 5.28. The van der Waals surface area contributed by atoms with Gasteiger partial charge in [-0.1, -0.05) is 23.8 Å². The first kappa shape index (κ1) is 15.0. The van der Waals surface area contributed by atoms with Crippen molar-refractivity contribution in [2.45, 2.75) is 33.4 Å². The Morgan fingerprint density at radius 3 is 2.95 bits per heavy atom. The predicted octanol–water partition coefficient (Wildman–Crippen LogP) is 2.16. The highest BCUT2D eigenvalue weighted by Gasteiger charge is 2.31. The minimum absolute atomic E-state index is 0.00373. The fourth-order valence-corrected chi connectivity index (χ4v) is 2.61. The Morgan fingerprint density at radius 1 is 1.40 bits per heavy atom. The Balaban J connectivity index is 2.09. The molecule has 110 valence electrons. The van der Waals surface area contributed by atoms with Crippen molar-refractivity contribution in [3.8, 4) is 0 Å². The number of nitrogens with zero attached hydrogens (tertiary/aromatic N) is 1. The molecule has 1 aromatic carbocycles. The summed E-state index contributed by atoms with van der Waals surface area (Å²) in [5, 5.41) is 3.32. The number of nitrogens with one attached hydrogen (secondary N) is 1. The van der Waals surface area contributed by atoms with Gasteiger partial charge in [-0.05, 0) is 38.3 Å². The standard InChI is InChI=1S/C16H24N2O2/c1-4-20-9-5-8-18-15(19)11-17-16(18)14-10-12(2)6-7-13(14)3/h6-7,10,16-17H,4-5,8-9,11H2,1-3H3. The van der Waals surface area contributed by atoms with E-state index in [1.807, 2.05) is 11.8 Å². The van der Waals surface area contributed by atoms with Gasteiger partial charge in [0.05, 0.1) is 6.54 Å². The zero-order chi connectivity index (χ0) is 14.5. The van der Waals surface area contributed by atoms with Crippen LogP contribution in [-0.4, -0.2) is 37.1 Å². The number of aryl methyl sites for hydroxylation is 2. The lowest BCUT2D eigenvalue weighted by Crippen LogP contribution is -2.32. The summed E-state index contributed by atoms with van der Waals surface area (Å²) in [5.74, 6) is 0.174. The van der Waals surface area contributed by atoms with Gasteiger partial charge in [0.15, 0.2) is 0 Å². The van der Waals surface area contributed by atoms with Crippen molar-refractivity contribution in [3.05, 3.63) is 34.9 Å². The number of carbonyl (C=O) groups excluding carboxylic acids is 1. The molecule has 1 unspecified atom stereocenters. The number of rotatable bonds is 6. The maximum Gasteiger partial charge on any atom is 0.238 e. The molecule has 0 saturated carbocycles. The van der Waals surface area contributed by atoms with Gasteiger partial charge in [-0.3, -0.25) is 10.1 Å². The number of carbonyl (C=O) groups is 1. The van der Waals surface area contributed by atoms with Crippen molar-refractivity contribution in [3.63, 3.8) is 0 Å². The second-order valence-electron chi connectivity index (χ2n) is 5.28. The third-order valence-electron chi connectivity index (χ3n) is 3.70. The van der Waals surface area contributed by atoms with E-state index in [4.69, 9.17) is 4.74 Å². The van der Waals surface area contributed by atoms with E-state index in [0.29, 0.717) is 13.2 Å². The average molecular weight is 276 g/mol. The molecule has 1 aliphatic rings. The van der Waals surface area contributed by atoms with Gasteiger partial charge >= 0.3 is 0 Å². The van der Waals surface area contributed by atoms with Crippen LogP contribution in [0, 0.1) is 13.8 Å². The molecule has 4 heteroatoms. The van der Waals surface area contributed by atoms with Gasteiger partial charge in [-0.15, -0.1) is 0 Å². The summed E-state index contributed by atoms with van der Waals surface area (Å²) in [6, 6.07) is 6.39. The smallest absolute Gasteiger partial charge is 0.238 e. The van der Waals surface area contributed by atoms with Crippen molar-refractivity contribution >= 4 is 5.91 Å². The highest BCUT2D eigenvalue weighted by molar-refractivity contribution is 5.81. The van der Waals surface area contributed by atoms with Crippen LogP contribution < -0.4 is 5.32 Å². The van der Waals surface area contributed by atoms with E-state index >= 15 is 0 Å². The van der Waals surface area contributed by atoms with Gasteiger partial charge < -0.3 is 9.64 Å². The lowest BCUT2D eigenvalue weighted by molar-refractivity contribution is -0.128. The molecule has 20 heavy (non-hydrogen) atoms. The van der Waals surface area contributed by atoms with Crippen LogP contribution in [0.2, 0.25) is 0 Å². The Hall–Kier alpha value is -1.39. The summed E-state index contributed by atoms with van der Waals surface area (Å²) >= 11 is 0. The minimum atomic E-state index is 0.00373. The van der Waals surface area contributed by atoms with Crippen molar-refractivity contribution in [1.82, 2.24) is 10.2 Å². The van der Waals surface area contributed by atoms with Gasteiger partial charge in [-0.2, -0.15) is 0 Å². The Morgan fingerprint density at radius 2 is 2.20 bits per heavy atom. The highest BCUT2D eigenvalue weighted by atomic mass is 16.5. The lowest BCUT2D eigenvalue weighted by Gasteiger charge is -2.26. The Kier molecular flexibility index (Phi) is 5.15. The third-order valence-corrected chi connectivity index (χ3v) is 3.70. The molecular formula is C16H24N2O2. The van der Waals surface area contributed by atoms with Gasteiger partial charge in [0.25, 0.3) is 0 Å². The van der Waals surface area contributed by atoms with Crippen molar-refractivity contribution in [2.24, 2.45) is 0 Å². The largest absolute Gasteiger partial charge is 0.382 e. The maximum absolute atomic E-state index is 12.0. The van der Waals surface area contributed by atoms with Gasteiger partial charge in [0.1, 0.15) is 6.17 Å². The Labute approximate surface area is 121 Å². The molecule has 1 atom stereocenters. The predicted molar refractivity (Wildman–Crippen MR) is 79.5 cm³/mol. The summed E-state index contributed by atoms with van der Waals surface area (Å²) < 4.78 is 5.35. The molecule has 0 spiro atoms. The normalized spacial score (nSPS) is 18.9. The summed E-state index contributed by atoms with van der Waals surface area (Å²) in [5.41, 5.74) is 3.64. The van der Waals surface area contributed by atoms with Crippen LogP contribution in [0.3, 0.4) is 0 Å². The van der Waals surface area contributed by atoms with Gasteiger partial charge in [-0.25, -0.2) is 0 Å². The zero-order valence-electron chi connectivity index (χ0n) is 12.6. The molecular weight excluding hydrogens is 252 g/mol. The molecule has 0 radical (unpaired) electrons. The van der Waals surface area contributed by atoms with E-state index < -0.39 is 0 Å². The fraction of sp³-hybridized carbons (Fsp3) is 0.562.